The van der Waals surface area contributed by atoms with Crippen LogP contribution in [0.5, 0.6) is 0 Å². The van der Waals surface area contributed by atoms with Gasteiger partial charge in [0.15, 0.2) is 0 Å². The third kappa shape index (κ3) is 1.46. The van der Waals surface area contributed by atoms with Gasteiger partial charge in [-0.3, -0.25) is 9.82 Å². The molecule has 1 aromatic rings. The van der Waals surface area contributed by atoms with E-state index in [1.165, 1.54) is 11.9 Å². The fourth-order valence-corrected chi connectivity index (χ4v) is 0.873. The van der Waals surface area contributed by atoms with Crippen molar-refractivity contribution in [2.45, 2.75) is 18.5 Å². The smallest absolute Gasteiger partial charge is 0.133 e. The molecule has 1 aromatic heterocycles. The number of aromatic nitrogens is 2. The van der Waals surface area contributed by atoms with E-state index in [2.05, 4.69) is 5.10 Å². The van der Waals surface area contributed by atoms with Gasteiger partial charge in [0, 0.05) is 12.7 Å². The molecule has 1 heterocycles. The van der Waals surface area contributed by atoms with Crippen LogP contribution in [-0.4, -0.2) is 9.78 Å². The zero-order chi connectivity index (χ0) is 6.69. The van der Waals surface area contributed by atoms with Crippen LogP contribution >= 0.6 is 11.9 Å². The van der Waals surface area contributed by atoms with Crippen molar-refractivity contribution < 1.29 is 0 Å². The number of nitrogens with zero attached hydrogens (tertiary/aromatic N) is 2. The lowest BCUT2D eigenvalue weighted by molar-refractivity contribution is 0.641. The van der Waals surface area contributed by atoms with Crippen LogP contribution in [0.15, 0.2) is 17.3 Å². The Morgan fingerprint density at radius 2 is 2.67 bits per heavy atom. The van der Waals surface area contributed by atoms with Gasteiger partial charge in [-0.2, -0.15) is 5.10 Å². The van der Waals surface area contributed by atoms with Crippen molar-refractivity contribution >= 4 is 11.9 Å². The molecular formula is C5H9N3S. The molecule has 0 fully saturated rings. The second-order valence-corrected chi connectivity index (χ2v) is 2.28. The topological polar surface area (TPSA) is 43.8 Å². The second-order valence-electron chi connectivity index (χ2n) is 1.63. The number of rotatable bonds is 2. The van der Waals surface area contributed by atoms with Crippen LogP contribution < -0.4 is 5.14 Å². The molecule has 1 rings (SSSR count). The summed E-state index contributed by atoms with van der Waals surface area (Å²) in [7, 11) is 0. The summed E-state index contributed by atoms with van der Waals surface area (Å²) >= 11 is 1.17. The number of aryl methyl sites for hydroxylation is 1. The van der Waals surface area contributed by atoms with Gasteiger partial charge in [0.2, 0.25) is 0 Å². The van der Waals surface area contributed by atoms with Gasteiger partial charge in [-0.25, -0.2) is 0 Å². The molecule has 2 N–H and O–H groups in total. The summed E-state index contributed by atoms with van der Waals surface area (Å²) in [6.07, 6.45) is 1.91. The molecule has 50 valence electrons. The minimum atomic E-state index is 0.872. The van der Waals surface area contributed by atoms with Gasteiger partial charge < -0.3 is 0 Å². The summed E-state index contributed by atoms with van der Waals surface area (Å²) in [6, 6.07) is 1.90. The van der Waals surface area contributed by atoms with E-state index in [-0.39, 0.29) is 0 Å². The van der Waals surface area contributed by atoms with E-state index in [4.69, 9.17) is 5.14 Å². The number of hydrogen-bond donors (Lipinski definition) is 1. The average molecular weight is 143 g/mol. The van der Waals surface area contributed by atoms with E-state index in [0.29, 0.717) is 0 Å². The Kier molecular flexibility index (Phi) is 2.13. The van der Waals surface area contributed by atoms with Crippen LogP contribution in [0.25, 0.3) is 0 Å². The minimum absolute atomic E-state index is 0.872. The standard InChI is InChI=1S/C5H9N3S/c1-2-8-4-3-5(7-8)9-6/h3-4H,2,6H2,1H3. The lowest BCUT2D eigenvalue weighted by Crippen LogP contribution is -1.93. The lowest BCUT2D eigenvalue weighted by atomic mass is 10.7. The van der Waals surface area contributed by atoms with E-state index in [1.807, 2.05) is 23.9 Å². The summed E-state index contributed by atoms with van der Waals surface area (Å²) in [5.41, 5.74) is 0. The largest absolute Gasteiger partial charge is 0.272 e. The predicted octanol–water partition coefficient (Wildman–Crippen LogP) is 0.869. The van der Waals surface area contributed by atoms with Crippen LogP contribution in [0, 0.1) is 0 Å². The highest BCUT2D eigenvalue weighted by Crippen LogP contribution is 2.05. The Morgan fingerprint density at radius 3 is 3.00 bits per heavy atom. The van der Waals surface area contributed by atoms with Crippen molar-refractivity contribution in [2.75, 3.05) is 0 Å². The normalized spacial score (nSPS) is 10.0. The predicted molar refractivity (Wildman–Crippen MR) is 37.9 cm³/mol. The molecule has 4 heteroatoms. The Morgan fingerprint density at radius 1 is 1.89 bits per heavy atom. The highest BCUT2D eigenvalue weighted by Gasteiger charge is 1.92. The fraction of sp³-hybridized carbons (Fsp3) is 0.400. The Labute approximate surface area is 58.4 Å². The van der Waals surface area contributed by atoms with Gasteiger partial charge in [0.05, 0.1) is 0 Å². The quantitative estimate of drug-likeness (QED) is 0.625. The Hall–Kier alpha value is -0.480. The molecule has 3 nitrogen and oxygen atoms in total. The van der Waals surface area contributed by atoms with Gasteiger partial charge in [-0.1, -0.05) is 0 Å². The maximum atomic E-state index is 5.26. The summed E-state index contributed by atoms with van der Waals surface area (Å²) < 4.78 is 1.84. The maximum Gasteiger partial charge on any atom is 0.133 e. The van der Waals surface area contributed by atoms with Crippen molar-refractivity contribution in [1.29, 1.82) is 0 Å². The monoisotopic (exact) mass is 143 g/mol. The van der Waals surface area contributed by atoms with Crippen molar-refractivity contribution in [3.05, 3.63) is 12.3 Å². The second kappa shape index (κ2) is 2.89. The van der Waals surface area contributed by atoms with Crippen molar-refractivity contribution in [1.82, 2.24) is 9.78 Å². The molecule has 0 radical (unpaired) electrons. The first-order valence-electron chi connectivity index (χ1n) is 2.77. The molecule has 0 aliphatic heterocycles. The van der Waals surface area contributed by atoms with Crippen LogP contribution in [-0.2, 0) is 6.54 Å². The van der Waals surface area contributed by atoms with E-state index in [0.717, 1.165) is 11.6 Å². The van der Waals surface area contributed by atoms with Crippen molar-refractivity contribution in [2.24, 2.45) is 5.14 Å². The molecule has 0 spiro atoms. The van der Waals surface area contributed by atoms with Crippen LogP contribution in [0.3, 0.4) is 0 Å². The van der Waals surface area contributed by atoms with E-state index >= 15 is 0 Å². The van der Waals surface area contributed by atoms with E-state index in [1.54, 1.807) is 0 Å². The van der Waals surface area contributed by atoms with Crippen LogP contribution in [0.4, 0.5) is 0 Å². The molecule has 0 unspecified atom stereocenters. The average Bonchev–Trinajstić information content (AvgIpc) is 2.34. The van der Waals surface area contributed by atoms with Gasteiger partial charge in [0.1, 0.15) is 5.03 Å². The number of hydrogen-bond acceptors (Lipinski definition) is 3. The first kappa shape index (κ1) is 6.64. The van der Waals surface area contributed by atoms with E-state index < -0.39 is 0 Å². The SMILES string of the molecule is CCn1ccc(SN)n1. The first-order valence-corrected chi connectivity index (χ1v) is 3.65. The van der Waals surface area contributed by atoms with Gasteiger partial charge in [-0.05, 0) is 24.9 Å². The van der Waals surface area contributed by atoms with Gasteiger partial charge in [-0.15, -0.1) is 0 Å². The summed E-state index contributed by atoms with van der Waals surface area (Å²) in [4.78, 5) is 0. The highest BCUT2D eigenvalue weighted by atomic mass is 32.2. The minimum Gasteiger partial charge on any atom is -0.272 e. The molecule has 0 aromatic carbocycles. The molecule has 0 amide bonds. The molecule has 0 aliphatic rings. The summed E-state index contributed by atoms with van der Waals surface area (Å²) in [5, 5.41) is 10.2. The highest BCUT2D eigenvalue weighted by molar-refractivity contribution is 7.97. The van der Waals surface area contributed by atoms with Crippen LogP contribution in [0.1, 0.15) is 6.92 Å². The van der Waals surface area contributed by atoms with Gasteiger partial charge >= 0.3 is 0 Å². The number of nitrogens with two attached hydrogens (primary N) is 1. The third-order valence-corrected chi connectivity index (χ3v) is 1.52. The third-order valence-electron chi connectivity index (χ3n) is 1.06. The zero-order valence-electron chi connectivity index (χ0n) is 5.24. The first-order chi connectivity index (χ1) is 4.36. The van der Waals surface area contributed by atoms with Crippen molar-refractivity contribution in [3.8, 4) is 0 Å². The van der Waals surface area contributed by atoms with Crippen LogP contribution in [0.2, 0.25) is 0 Å². The summed E-state index contributed by atoms with van der Waals surface area (Å²) in [6.45, 7) is 2.94. The molecule has 0 atom stereocenters. The van der Waals surface area contributed by atoms with Gasteiger partial charge in [0.25, 0.3) is 0 Å². The molecular weight excluding hydrogens is 134 g/mol. The maximum absolute atomic E-state index is 5.26. The molecule has 9 heavy (non-hydrogen) atoms. The lowest BCUT2D eigenvalue weighted by Gasteiger charge is -1.90. The van der Waals surface area contributed by atoms with E-state index in [9.17, 15) is 0 Å². The fourth-order valence-electron chi connectivity index (χ4n) is 0.582. The molecule has 0 aliphatic carbocycles. The summed E-state index contributed by atoms with van der Waals surface area (Å²) in [5.74, 6) is 0. The van der Waals surface area contributed by atoms with Crippen molar-refractivity contribution in [3.63, 3.8) is 0 Å². The Bertz CT molecular complexity index is 166. The molecule has 0 saturated carbocycles. The molecule has 0 bridgehead atoms. The Balaban J connectivity index is 2.74. The zero-order valence-corrected chi connectivity index (χ0v) is 6.06. The molecule has 0 saturated heterocycles.